The molecule has 0 radical (unpaired) electrons. The van der Waals surface area contributed by atoms with Gasteiger partial charge in [0, 0.05) is 12.6 Å². The van der Waals surface area contributed by atoms with E-state index in [-0.39, 0.29) is 0 Å². The minimum Gasteiger partial charge on any atom is -0.432 e. The molecule has 1 atom stereocenters. The zero-order valence-corrected chi connectivity index (χ0v) is 10.8. The SMILES string of the molecule is ClCc1coc(N2CCCC2C2CCCC2)n1. The maximum atomic E-state index is 5.77. The quantitative estimate of drug-likeness (QED) is 0.773. The van der Waals surface area contributed by atoms with Crippen LogP contribution in [0.4, 0.5) is 6.01 Å². The van der Waals surface area contributed by atoms with Crippen molar-refractivity contribution in [3.63, 3.8) is 0 Å². The first-order valence-corrected chi connectivity index (χ1v) is 7.19. The molecule has 2 heterocycles. The van der Waals surface area contributed by atoms with Crippen molar-refractivity contribution in [3.8, 4) is 0 Å². The van der Waals surface area contributed by atoms with Gasteiger partial charge in [0.15, 0.2) is 0 Å². The van der Waals surface area contributed by atoms with Crippen molar-refractivity contribution in [2.75, 3.05) is 11.4 Å². The molecule has 1 aliphatic carbocycles. The maximum absolute atomic E-state index is 5.77. The van der Waals surface area contributed by atoms with Gasteiger partial charge >= 0.3 is 0 Å². The Kier molecular flexibility index (Phi) is 3.28. The lowest BCUT2D eigenvalue weighted by Crippen LogP contribution is -2.34. The molecule has 1 saturated heterocycles. The van der Waals surface area contributed by atoms with E-state index in [2.05, 4.69) is 9.88 Å². The van der Waals surface area contributed by atoms with Crippen LogP contribution in [-0.2, 0) is 5.88 Å². The molecule has 2 aliphatic rings. The van der Waals surface area contributed by atoms with Crippen LogP contribution in [0.3, 0.4) is 0 Å². The summed E-state index contributed by atoms with van der Waals surface area (Å²) >= 11 is 5.77. The second kappa shape index (κ2) is 4.89. The summed E-state index contributed by atoms with van der Waals surface area (Å²) < 4.78 is 5.56. The number of nitrogens with zero attached hydrogens (tertiary/aromatic N) is 2. The highest BCUT2D eigenvalue weighted by molar-refractivity contribution is 6.16. The number of hydrogen-bond acceptors (Lipinski definition) is 3. The third kappa shape index (κ3) is 2.17. The van der Waals surface area contributed by atoms with E-state index in [4.69, 9.17) is 16.0 Å². The van der Waals surface area contributed by atoms with Crippen LogP contribution in [0.15, 0.2) is 10.7 Å². The normalized spacial score (nSPS) is 25.9. The smallest absolute Gasteiger partial charge is 0.297 e. The molecule has 4 heteroatoms. The Hall–Kier alpha value is -0.700. The first kappa shape index (κ1) is 11.4. The Labute approximate surface area is 107 Å². The second-order valence-corrected chi connectivity index (χ2v) is 5.47. The lowest BCUT2D eigenvalue weighted by Gasteiger charge is -2.27. The van der Waals surface area contributed by atoms with Crippen molar-refractivity contribution >= 4 is 17.6 Å². The van der Waals surface area contributed by atoms with Crippen LogP contribution >= 0.6 is 11.6 Å². The standard InChI is InChI=1S/C13H19ClN2O/c14-8-11-9-17-13(15-11)16-7-3-6-12(16)10-4-1-2-5-10/h9-10,12H,1-8H2. The highest BCUT2D eigenvalue weighted by Crippen LogP contribution is 2.37. The van der Waals surface area contributed by atoms with Crippen LogP contribution < -0.4 is 4.90 Å². The van der Waals surface area contributed by atoms with Gasteiger partial charge in [-0.15, -0.1) is 11.6 Å². The number of oxazole rings is 1. The van der Waals surface area contributed by atoms with Crippen molar-refractivity contribution in [2.24, 2.45) is 5.92 Å². The lowest BCUT2D eigenvalue weighted by molar-refractivity contribution is 0.409. The highest BCUT2D eigenvalue weighted by Gasteiger charge is 2.35. The summed E-state index contributed by atoms with van der Waals surface area (Å²) in [5.74, 6) is 1.29. The summed E-state index contributed by atoms with van der Waals surface area (Å²) in [5, 5.41) is 0. The van der Waals surface area contributed by atoms with Gasteiger partial charge in [0.25, 0.3) is 6.01 Å². The Morgan fingerprint density at radius 1 is 1.29 bits per heavy atom. The van der Waals surface area contributed by atoms with E-state index in [0.717, 1.165) is 24.2 Å². The number of hydrogen-bond donors (Lipinski definition) is 0. The number of alkyl halides is 1. The number of aromatic nitrogens is 1. The summed E-state index contributed by atoms with van der Waals surface area (Å²) in [4.78, 5) is 6.83. The van der Waals surface area contributed by atoms with Gasteiger partial charge in [-0.05, 0) is 31.6 Å². The van der Waals surface area contributed by atoms with E-state index in [0.29, 0.717) is 11.9 Å². The molecule has 0 amide bonds. The van der Waals surface area contributed by atoms with E-state index < -0.39 is 0 Å². The Morgan fingerprint density at radius 3 is 2.82 bits per heavy atom. The fraction of sp³-hybridized carbons (Fsp3) is 0.769. The van der Waals surface area contributed by atoms with Gasteiger partial charge in [-0.2, -0.15) is 4.98 Å². The van der Waals surface area contributed by atoms with Crippen molar-refractivity contribution < 1.29 is 4.42 Å². The van der Waals surface area contributed by atoms with Crippen molar-refractivity contribution in [2.45, 2.75) is 50.4 Å². The van der Waals surface area contributed by atoms with Gasteiger partial charge in [-0.25, -0.2) is 0 Å². The summed E-state index contributed by atoms with van der Waals surface area (Å²) in [6.07, 6.45) is 9.80. The predicted octanol–water partition coefficient (Wildman–Crippen LogP) is 3.57. The van der Waals surface area contributed by atoms with Crippen molar-refractivity contribution in [1.29, 1.82) is 0 Å². The monoisotopic (exact) mass is 254 g/mol. The predicted molar refractivity (Wildman–Crippen MR) is 68.4 cm³/mol. The average molecular weight is 255 g/mol. The first-order valence-electron chi connectivity index (χ1n) is 6.65. The molecule has 0 N–H and O–H groups in total. The van der Waals surface area contributed by atoms with E-state index >= 15 is 0 Å². The topological polar surface area (TPSA) is 29.3 Å². The number of rotatable bonds is 3. The van der Waals surface area contributed by atoms with E-state index in [1.807, 2.05) is 0 Å². The molecule has 1 saturated carbocycles. The molecule has 17 heavy (non-hydrogen) atoms. The van der Waals surface area contributed by atoms with Gasteiger partial charge in [0.1, 0.15) is 6.26 Å². The third-order valence-electron chi connectivity index (χ3n) is 4.17. The Bertz CT molecular complexity index is 373. The van der Waals surface area contributed by atoms with Crippen LogP contribution in [-0.4, -0.2) is 17.6 Å². The van der Waals surface area contributed by atoms with Crippen LogP contribution in [0.25, 0.3) is 0 Å². The fourth-order valence-corrected chi connectivity index (χ4v) is 3.47. The summed E-state index contributed by atoms with van der Waals surface area (Å²) in [6, 6.07) is 1.44. The molecule has 1 unspecified atom stereocenters. The molecule has 94 valence electrons. The minimum atomic E-state index is 0.436. The molecule has 0 aromatic carbocycles. The lowest BCUT2D eigenvalue weighted by atomic mass is 9.96. The van der Waals surface area contributed by atoms with E-state index in [1.165, 1.54) is 38.5 Å². The molecular formula is C13H19ClN2O. The van der Waals surface area contributed by atoms with Gasteiger partial charge in [-0.1, -0.05) is 12.8 Å². The minimum absolute atomic E-state index is 0.436. The molecule has 2 fully saturated rings. The summed E-state index contributed by atoms with van der Waals surface area (Å²) in [5.41, 5.74) is 0.846. The number of halogens is 1. The zero-order chi connectivity index (χ0) is 11.7. The molecule has 0 bridgehead atoms. The zero-order valence-electron chi connectivity index (χ0n) is 10.1. The van der Waals surface area contributed by atoms with Gasteiger partial charge < -0.3 is 9.32 Å². The van der Waals surface area contributed by atoms with Crippen molar-refractivity contribution in [1.82, 2.24) is 4.98 Å². The van der Waals surface area contributed by atoms with Crippen LogP contribution in [0.1, 0.15) is 44.2 Å². The maximum Gasteiger partial charge on any atom is 0.297 e. The third-order valence-corrected chi connectivity index (χ3v) is 4.44. The molecule has 0 spiro atoms. The highest BCUT2D eigenvalue weighted by atomic mass is 35.5. The van der Waals surface area contributed by atoms with E-state index in [9.17, 15) is 0 Å². The molecule has 1 aromatic rings. The summed E-state index contributed by atoms with van der Waals surface area (Å²) in [7, 11) is 0. The fourth-order valence-electron chi connectivity index (χ4n) is 3.35. The average Bonchev–Trinajstić information content (AvgIpc) is 3.09. The van der Waals surface area contributed by atoms with Crippen molar-refractivity contribution in [3.05, 3.63) is 12.0 Å². The number of anilines is 1. The van der Waals surface area contributed by atoms with Gasteiger partial charge in [0.05, 0.1) is 11.6 Å². The molecule has 1 aromatic heterocycles. The Morgan fingerprint density at radius 2 is 2.12 bits per heavy atom. The first-order chi connectivity index (χ1) is 8.38. The summed E-state index contributed by atoms with van der Waals surface area (Å²) in [6.45, 7) is 1.09. The largest absolute Gasteiger partial charge is 0.432 e. The Balaban J connectivity index is 1.76. The molecule has 1 aliphatic heterocycles. The van der Waals surface area contributed by atoms with Crippen LogP contribution in [0, 0.1) is 5.92 Å². The molecular weight excluding hydrogens is 236 g/mol. The second-order valence-electron chi connectivity index (χ2n) is 5.20. The van der Waals surface area contributed by atoms with Gasteiger partial charge in [0.2, 0.25) is 0 Å². The molecule has 3 nitrogen and oxygen atoms in total. The van der Waals surface area contributed by atoms with Crippen LogP contribution in [0.2, 0.25) is 0 Å². The van der Waals surface area contributed by atoms with E-state index in [1.54, 1.807) is 6.26 Å². The van der Waals surface area contributed by atoms with Gasteiger partial charge in [-0.3, -0.25) is 0 Å². The van der Waals surface area contributed by atoms with Crippen LogP contribution in [0.5, 0.6) is 0 Å². The molecule has 3 rings (SSSR count).